The number of hydrogen-bond donors (Lipinski definition) is 2. The molecule has 0 aliphatic carbocycles. The Morgan fingerprint density at radius 3 is 2.35 bits per heavy atom. The summed E-state index contributed by atoms with van der Waals surface area (Å²) < 4.78 is 5.39. The van der Waals surface area contributed by atoms with Crippen molar-refractivity contribution in [2.45, 2.75) is 26.2 Å². The van der Waals surface area contributed by atoms with Crippen LogP contribution in [-0.4, -0.2) is 30.1 Å². The van der Waals surface area contributed by atoms with Crippen molar-refractivity contribution in [2.75, 3.05) is 13.2 Å². The number of carboxylic acid groups (broad SMARTS) is 1. The molecule has 0 spiro atoms. The van der Waals surface area contributed by atoms with Gasteiger partial charge in [-0.3, -0.25) is 9.59 Å². The molecule has 1 amide bonds. The molecule has 2 aromatic carbocycles. The molecule has 0 saturated heterocycles. The summed E-state index contributed by atoms with van der Waals surface area (Å²) in [5.41, 5.74) is 1.99. The molecule has 2 aromatic rings. The van der Waals surface area contributed by atoms with Gasteiger partial charge < -0.3 is 15.2 Å². The molecule has 0 aromatic heterocycles. The molecule has 0 aliphatic heterocycles. The second-order valence-electron chi connectivity index (χ2n) is 6.11. The van der Waals surface area contributed by atoms with Crippen LogP contribution < -0.4 is 10.1 Å². The highest BCUT2D eigenvalue weighted by molar-refractivity contribution is 5.77. The highest BCUT2D eigenvalue weighted by Gasteiger charge is 2.18. The number of carbonyl (C=O) groups excluding carboxylic acids is 1. The zero-order valence-corrected chi connectivity index (χ0v) is 15.0. The normalized spacial score (nSPS) is 11.6. The Hall–Kier alpha value is -2.82. The van der Waals surface area contributed by atoms with Crippen LogP contribution in [0.25, 0.3) is 0 Å². The molecule has 1 atom stereocenters. The van der Waals surface area contributed by atoms with Crippen molar-refractivity contribution < 1.29 is 19.4 Å². The highest BCUT2D eigenvalue weighted by Crippen LogP contribution is 2.13. The van der Waals surface area contributed by atoms with E-state index in [2.05, 4.69) is 5.32 Å². The van der Waals surface area contributed by atoms with Crippen molar-refractivity contribution in [3.8, 4) is 5.75 Å². The van der Waals surface area contributed by atoms with Gasteiger partial charge in [-0.1, -0.05) is 42.5 Å². The van der Waals surface area contributed by atoms with Gasteiger partial charge in [-0.2, -0.15) is 0 Å². The van der Waals surface area contributed by atoms with E-state index in [1.54, 1.807) is 0 Å². The summed E-state index contributed by atoms with van der Waals surface area (Å²) in [7, 11) is 0. The van der Waals surface area contributed by atoms with E-state index in [0.717, 1.165) is 16.9 Å². The first-order valence-corrected chi connectivity index (χ1v) is 8.83. The van der Waals surface area contributed by atoms with Gasteiger partial charge >= 0.3 is 5.97 Å². The summed E-state index contributed by atoms with van der Waals surface area (Å²) in [6, 6.07) is 17.1. The van der Waals surface area contributed by atoms with Crippen LogP contribution in [-0.2, 0) is 22.4 Å². The third kappa shape index (κ3) is 6.59. The quantitative estimate of drug-likeness (QED) is 0.687. The molecule has 0 saturated carbocycles. The van der Waals surface area contributed by atoms with E-state index < -0.39 is 11.9 Å². The third-order valence-corrected chi connectivity index (χ3v) is 4.09. The van der Waals surface area contributed by atoms with Crippen molar-refractivity contribution >= 4 is 11.9 Å². The molecule has 5 heteroatoms. The molecule has 0 heterocycles. The van der Waals surface area contributed by atoms with E-state index in [0.29, 0.717) is 25.9 Å². The largest absolute Gasteiger partial charge is 0.494 e. The molecule has 0 bridgehead atoms. The average Bonchev–Trinajstić information content (AvgIpc) is 2.65. The second kappa shape index (κ2) is 10.2. The molecule has 0 aliphatic rings. The first-order chi connectivity index (χ1) is 12.6. The molecule has 0 radical (unpaired) electrons. The van der Waals surface area contributed by atoms with E-state index in [1.807, 2.05) is 61.5 Å². The lowest BCUT2D eigenvalue weighted by Gasteiger charge is -2.13. The van der Waals surface area contributed by atoms with E-state index in [1.165, 1.54) is 0 Å². The van der Waals surface area contributed by atoms with E-state index in [-0.39, 0.29) is 12.5 Å². The third-order valence-electron chi connectivity index (χ3n) is 4.09. The lowest BCUT2D eigenvalue weighted by Crippen LogP contribution is -2.34. The van der Waals surface area contributed by atoms with E-state index >= 15 is 0 Å². The smallest absolute Gasteiger partial charge is 0.308 e. The van der Waals surface area contributed by atoms with Gasteiger partial charge in [0.1, 0.15) is 5.75 Å². The predicted octanol–water partition coefficient (Wildman–Crippen LogP) is 3.08. The number of carboxylic acids is 1. The van der Waals surface area contributed by atoms with Crippen LogP contribution >= 0.6 is 0 Å². The van der Waals surface area contributed by atoms with Crippen LogP contribution in [0.1, 0.15) is 24.5 Å². The Bertz CT molecular complexity index is 698. The first kappa shape index (κ1) is 19.5. The molecule has 0 fully saturated rings. The fourth-order valence-corrected chi connectivity index (χ4v) is 2.65. The zero-order valence-electron chi connectivity index (χ0n) is 15.0. The lowest BCUT2D eigenvalue weighted by molar-refractivity contribution is -0.141. The minimum absolute atomic E-state index is 0.131. The van der Waals surface area contributed by atoms with Gasteiger partial charge in [0, 0.05) is 13.0 Å². The van der Waals surface area contributed by atoms with Gasteiger partial charge in [-0.15, -0.1) is 0 Å². The molecule has 1 unspecified atom stereocenters. The molecular weight excluding hydrogens is 330 g/mol. The first-order valence-electron chi connectivity index (χ1n) is 8.83. The number of hydrogen-bond acceptors (Lipinski definition) is 3. The Morgan fingerprint density at radius 2 is 1.73 bits per heavy atom. The van der Waals surface area contributed by atoms with Crippen molar-refractivity contribution in [1.82, 2.24) is 5.32 Å². The summed E-state index contributed by atoms with van der Waals surface area (Å²) in [6.07, 6.45) is 1.33. The van der Waals surface area contributed by atoms with Gasteiger partial charge in [0.15, 0.2) is 0 Å². The Morgan fingerprint density at radius 1 is 1.04 bits per heavy atom. The van der Waals surface area contributed by atoms with Gasteiger partial charge in [0.2, 0.25) is 5.91 Å². The SMILES string of the molecule is CCOc1ccc(CCC(=O)NCC(Cc2ccccc2)C(=O)O)cc1. The predicted molar refractivity (Wildman–Crippen MR) is 100 cm³/mol. The van der Waals surface area contributed by atoms with Crippen LogP contribution in [0.3, 0.4) is 0 Å². The standard InChI is InChI=1S/C21H25NO4/c1-2-26-19-11-8-16(9-12-19)10-13-20(23)22-15-18(21(24)25)14-17-6-4-3-5-7-17/h3-9,11-12,18H,2,10,13-15H2,1H3,(H,22,23)(H,24,25). The zero-order chi connectivity index (χ0) is 18.8. The summed E-state index contributed by atoms with van der Waals surface area (Å²) in [5, 5.41) is 12.1. The minimum Gasteiger partial charge on any atom is -0.494 e. The Kier molecular flexibility index (Phi) is 7.68. The van der Waals surface area contributed by atoms with Crippen LogP contribution in [0.15, 0.2) is 54.6 Å². The van der Waals surface area contributed by atoms with Gasteiger partial charge in [0.05, 0.1) is 12.5 Å². The summed E-state index contributed by atoms with van der Waals surface area (Å²) in [5.74, 6) is -0.864. The maximum absolute atomic E-state index is 12.0. The van der Waals surface area contributed by atoms with E-state index in [9.17, 15) is 14.7 Å². The van der Waals surface area contributed by atoms with E-state index in [4.69, 9.17) is 4.74 Å². The number of benzene rings is 2. The topological polar surface area (TPSA) is 75.6 Å². The summed E-state index contributed by atoms with van der Waals surface area (Å²) >= 11 is 0. The molecule has 2 rings (SSSR count). The van der Waals surface area contributed by atoms with Gasteiger partial charge in [-0.25, -0.2) is 0 Å². The summed E-state index contributed by atoms with van der Waals surface area (Å²) in [4.78, 5) is 23.5. The molecular formula is C21H25NO4. The molecule has 5 nitrogen and oxygen atoms in total. The number of rotatable bonds is 10. The van der Waals surface area contributed by atoms with Crippen molar-refractivity contribution in [1.29, 1.82) is 0 Å². The summed E-state index contributed by atoms with van der Waals surface area (Å²) in [6.45, 7) is 2.68. The van der Waals surface area contributed by atoms with Crippen LogP contribution in [0.4, 0.5) is 0 Å². The van der Waals surface area contributed by atoms with Crippen LogP contribution in [0.5, 0.6) is 5.75 Å². The maximum atomic E-state index is 12.0. The van der Waals surface area contributed by atoms with Gasteiger partial charge in [-0.05, 0) is 43.0 Å². The second-order valence-corrected chi connectivity index (χ2v) is 6.11. The van der Waals surface area contributed by atoms with Crippen LogP contribution in [0, 0.1) is 5.92 Å². The Balaban J connectivity index is 1.77. The van der Waals surface area contributed by atoms with Crippen molar-refractivity contribution in [3.05, 3.63) is 65.7 Å². The van der Waals surface area contributed by atoms with Crippen LogP contribution in [0.2, 0.25) is 0 Å². The van der Waals surface area contributed by atoms with Crippen molar-refractivity contribution in [2.24, 2.45) is 5.92 Å². The molecule has 138 valence electrons. The fourth-order valence-electron chi connectivity index (χ4n) is 2.65. The highest BCUT2D eigenvalue weighted by atomic mass is 16.5. The Labute approximate surface area is 154 Å². The maximum Gasteiger partial charge on any atom is 0.308 e. The fraction of sp³-hybridized carbons (Fsp3) is 0.333. The molecule has 26 heavy (non-hydrogen) atoms. The number of amides is 1. The lowest BCUT2D eigenvalue weighted by atomic mass is 9.99. The molecule has 2 N–H and O–H groups in total. The number of carbonyl (C=O) groups is 2. The van der Waals surface area contributed by atoms with Gasteiger partial charge in [0.25, 0.3) is 0 Å². The number of aliphatic carboxylic acids is 1. The van der Waals surface area contributed by atoms with Crippen molar-refractivity contribution in [3.63, 3.8) is 0 Å². The average molecular weight is 355 g/mol. The number of aryl methyl sites for hydroxylation is 1. The minimum atomic E-state index is -0.902. The monoisotopic (exact) mass is 355 g/mol. The number of nitrogens with one attached hydrogen (secondary N) is 1. The number of ether oxygens (including phenoxy) is 1.